The molecule has 1 heterocycles. The van der Waals surface area contributed by atoms with Gasteiger partial charge in [-0.25, -0.2) is 8.42 Å². The summed E-state index contributed by atoms with van der Waals surface area (Å²) in [5, 5.41) is 2.63. The summed E-state index contributed by atoms with van der Waals surface area (Å²) in [6, 6.07) is 11.2. The zero-order chi connectivity index (χ0) is 23.9. The average molecular weight is 470 g/mol. The Labute approximate surface area is 193 Å². The minimum absolute atomic E-state index is 0.0136. The molecule has 1 aliphatic carbocycles. The minimum Gasteiger partial charge on any atom is -0.325 e. The molecule has 9 heteroatoms. The molecule has 1 aliphatic heterocycles. The largest absolute Gasteiger partial charge is 0.325 e. The van der Waals surface area contributed by atoms with E-state index in [0.717, 1.165) is 28.4 Å². The molecule has 8 nitrogen and oxygen atoms in total. The van der Waals surface area contributed by atoms with Gasteiger partial charge in [0.1, 0.15) is 0 Å². The van der Waals surface area contributed by atoms with Crippen LogP contribution >= 0.6 is 0 Å². The summed E-state index contributed by atoms with van der Waals surface area (Å²) < 4.78 is 27.2. The first-order chi connectivity index (χ1) is 15.6. The predicted octanol–water partition coefficient (Wildman–Crippen LogP) is 2.84. The van der Waals surface area contributed by atoms with Gasteiger partial charge in [-0.1, -0.05) is 12.1 Å². The molecule has 2 amide bonds. The quantitative estimate of drug-likeness (QED) is 0.628. The number of nitrogens with one attached hydrogen (secondary N) is 1. The van der Waals surface area contributed by atoms with Crippen LogP contribution in [0.25, 0.3) is 0 Å². The van der Waals surface area contributed by atoms with E-state index in [1.54, 1.807) is 41.3 Å². The molecular weight excluding hydrogens is 442 g/mol. The fourth-order valence-corrected chi connectivity index (χ4v) is 5.29. The molecule has 2 aliphatic rings. The van der Waals surface area contributed by atoms with Crippen molar-refractivity contribution in [2.45, 2.75) is 44.0 Å². The molecule has 0 radical (unpaired) electrons. The number of amides is 2. The van der Waals surface area contributed by atoms with Crippen molar-refractivity contribution >= 4 is 39.0 Å². The van der Waals surface area contributed by atoms with Crippen LogP contribution in [-0.2, 0) is 26.0 Å². The minimum atomic E-state index is -3.91. The smallest absolute Gasteiger partial charge is 0.243 e. The number of likely N-dealkylation sites (N-methyl/N-ethyl adjacent to an activating group) is 1. The van der Waals surface area contributed by atoms with Crippen LogP contribution in [0.15, 0.2) is 47.4 Å². The van der Waals surface area contributed by atoms with Gasteiger partial charge in [0.05, 0.1) is 11.4 Å². The van der Waals surface area contributed by atoms with Crippen molar-refractivity contribution in [3.05, 3.63) is 53.6 Å². The maximum atomic E-state index is 13.1. The van der Waals surface area contributed by atoms with Gasteiger partial charge in [-0.05, 0) is 69.0 Å². The summed E-state index contributed by atoms with van der Waals surface area (Å²) in [7, 11) is -2.57. The highest BCUT2D eigenvalue weighted by molar-refractivity contribution is 7.89. The van der Waals surface area contributed by atoms with Crippen molar-refractivity contribution in [3.63, 3.8) is 0 Å². The lowest BCUT2D eigenvalue weighted by atomic mass is 10.1. The number of nitrogens with zero attached hydrogens (tertiary/aromatic N) is 2. The Morgan fingerprint density at radius 1 is 1.12 bits per heavy atom. The van der Waals surface area contributed by atoms with Gasteiger partial charge < -0.3 is 10.2 Å². The topological polar surface area (TPSA) is 104 Å². The van der Waals surface area contributed by atoms with E-state index in [1.165, 1.54) is 20.0 Å². The summed E-state index contributed by atoms with van der Waals surface area (Å²) in [4.78, 5) is 38.5. The van der Waals surface area contributed by atoms with Gasteiger partial charge in [0.25, 0.3) is 0 Å². The lowest BCUT2D eigenvalue weighted by Crippen LogP contribution is -2.36. The van der Waals surface area contributed by atoms with Crippen molar-refractivity contribution < 1.29 is 22.8 Å². The van der Waals surface area contributed by atoms with E-state index in [-0.39, 0.29) is 35.1 Å². The standard InChI is InChI=1S/C24H27N3O5S/c1-15-11-19-13-21(9-10-22(19)27(15)24(30)17-7-8-17)33(31,32)26(3)14-23(29)25-20-6-4-5-18(12-20)16(2)28/h4-6,9-10,12-13,15,17H,7-8,11,14H2,1-3H3,(H,25,29)/t15-/m1/s1. The molecule has 1 N–H and O–H groups in total. The van der Waals surface area contributed by atoms with E-state index in [9.17, 15) is 22.8 Å². The third kappa shape index (κ3) is 4.69. The van der Waals surface area contributed by atoms with E-state index >= 15 is 0 Å². The number of benzene rings is 2. The fraction of sp³-hybridized carbons (Fsp3) is 0.375. The van der Waals surface area contributed by atoms with Crippen LogP contribution in [0.1, 0.15) is 42.6 Å². The van der Waals surface area contributed by atoms with Gasteiger partial charge in [0.2, 0.25) is 21.8 Å². The Balaban J connectivity index is 1.47. The van der Waals surface area contributed by atoms with E-state index in [4.69, 9.17) is 0 Å². The molecular formula is C24H27N3O5S. The summed E-state index contributed by atoms with van der Waals surface area (Å²) in [6.45, 7) is 3.01. The van der Waals surface area contributed by atoms with Crippen molar-refractivity contribution in [2.75, 3.05) is 23.8 Å². The highest BCUT2D eigenvalue weighted by atomic mass is 32.2. The van der Waals surface area contributed by atoms with Crippen LogP contribution in [0, 0.1) is 5.92 Å². The van der Waals surface area contributed by atoms with Crippen molar-refractivity contribution in [2.24, 2.45) is 5.92 Å². The molecule has 1 atom stereocenters. The molecule has 2 aromatic carbocycles. The van der Waals surface area contributed by atoms with Crippen LogP contribution in [0.4, 0.5) is 11.4 Å². The number of Topliss-reactive ketones (excluding diaryl/α,β-unsaturated/α-hetero) is 1. The Hall–Kier alpha value is -3.04. The number of ketones is 1. The Morgan fingerprint density at radius 2 is 1.85 bits per heavy atom. The molecule has 33 heavy (non-hydrogen) atoms. The van der Waals surface area contributed by atoms with Gasteiger partial charge >= 0.3 is 0 Å². The first-order valence-electron chi connectivity index (χ1n) is 10.9. The predicted molar refractivity (Wildman–Crippen MR) is 125 cm³/mol. The van der Waals surface area contributed by atoms with Crippen LogP contribution in [0.2, 0.25) is 0 Å². The van der Waals surface area contributed by atoms with Crippen molar-refractivity contribution in [1.82, 2.24) is 4.31 Å². The van der Waals surface area contributed by atoms with Gasteiger partial charge in [-0.2, -0.15) is 4.31 Å². The molecule has 0 bridgehead atoms. The van der Waals surface area contributed by atoms with Crippen LogP contribution < -0.4 is 10.2 Å². The van der Waals surface area contributed by atoms with Gasteiger partial charge in [-0.15, -0.1) is 0 Å². The number of hydrogen-bond acceptors (Lipinski definition) is 5. The first kappa shape index (κ1) is 23.1. The van der Waals surface area contributed by atoms with Gasteiger partial charge in [0.15, 0.2) is 5.78 Å². The van der Waals surface area contributed by atoms with Crippen LogP contribution in [-0.4, -0.2) is 50.0 Å². The molecule has 1 fully saturated rings. The molecule has 0 spiro atoms. The molecule has 4 rings (SSSR count). The van der Waals surface area contributed by atoms with Crippen LogP contribution in [0.5, 0.6) is 0 Å². The van der Waals surface area contributed by atoms with Gasteiger partial charge in [-0.3, -0.25) is 14.4 Å². The molecule has 174 valence electrons. The highest BCUT2D eigenvalue weighted by Crippen LogP contribution is 2.39. The lowest BCUT2D eigenvalue weighted by Gasteiger charge is -2.23. The molecule has 0 saturated heterocycles. The second kappa shape index (κ2) is 8.72. The lowest BCUT2D eigenvalue weighted by molar-refractivity contribution is -0.120. The first-order valence-corrected chi connectivity index (χ1v) is 12.3. The second-order valence-corrected chi connectivity index (χ2v) is 10.8. The number of hydrogen-bond donors (Lipinski definition) is 1. The van der Waals surface area contributed by atoms with Crippen molar-refractivity contribution in [1.29, 1.82) is 0 Å². The third-order valence-electron chi connectivity index (χ3n) is 6.06. The monoisotopic (exact) mass is 469 g/mol. The number of anilines is 2. The van der Waals surface area contributed by atoms with Gasteiger partial charge in [0, 0.05) is 35.9 Å². The Kier molecular flexibility index (Phi) is 6.11. The normalized spacial score (nSPS) is 17.7. The number of carbonyl (C=O) groups is 3. The third-order valence-corrected chi connectivity index (χ3v) is 7.86. The number of carbonyl (C=O) groups excluding carboxylic acids is 3. The Bertz CT molecular complexity index is 1240. The SMILES string of the molecule is CC(=O)c1cccc(NC(=O)CN(C)S(=O)(=O)c2ccc3c(c2)C[C@@H](C)N3C(=O)C2CC2)c1. The maximum Gasteiger partial charge on any atom is 0.243 e. The number of fused-ring (bicyclic) bond motifs is 1. The van der Waals surface area contributed by atoms with Crippen molar-refractivity contribution in [3.8, 4) is 0 Å². The molecule has 0 unspecified atom stereocenters. The van der Waals surface area contributed by atoms with E-state index in [1.807, 2.05) is 6.92 Å². The zero-order valence-corrected chi connectivity index (χ0v) is 19.7. The molecule has 1 saturated carbocycles. The van der Waals surface area contributed by atoms with E-state index in [2.05, 4.69) is 5.32 Å². The zero-order valence-electron chi connectivity index (χ0n) is 18.9. The summed E-state index contributed by atoms with van der Waals surface area (Å²) in [5.74, 6) is -0.450. The van der Waals surface area contributed by atoms with Crippen LogP contribution in [0.3, 0.4) is 0 Å². The van der Waals surface area contributed by atoms with E-state index in [0.29, 0.717) is 17.7 Å². The molecule has 0 aromatic heterocycles. The molecule has 2 aromatic rings. The van der Waals surface area contributed by atoms with E-state index < -0.39 is 15.9 Å². The summed E-state index contributed by atoms with van der Waals surface area (Å²) in [6.07, 6.45) is 2.42. The fourth-order valence-electron chi connectivity index (χ4n) is 4.11. The highest BCUT2D eigenvalue weighted by Gasteiger charge is 2.40. The second-order valence-electron chi connectivity index (χ2n) is 8.77. The average Bonchev–Trinajstić information content (AvgIpc) is 3.55. The summed E-state index contributed by atoms with van der Waals surface area (Å²) >= 11 is 0. The number of rotatable bonds is 7. The maximum absolute atomic E-state index is 13.1. The summed E-state index contributed by atoms with van der Waals surface area (Å²) in [5.41, 5.74) is 2.46. The Morgan fingerprint density at radius 3 is 2.52 bits per heavy atom. The number of sulfonamides is 1.